The zero-order chi connectivity index (χ0) is 26.7. The van der Waals surface area contributed by atoms with Gasteiger partial charge >= 0.3 is 6.18 Å². The number of hydrogen-bond donors (Lipinski definition) is 1. The lowest BCUT2D eigenvalue weighted by Gasteiger charge is -2.37. The molecule has 37 heavy (non-hydrogen) atoms. The zero-order valence-corrected chi connectivity index (χ0v) is 20.6. The van der Waals surface area contributed by atoms with Gasteiger partial charge in [0.1, 0.15) is 0 Å². The van der Waals surface area contributed by atoms with Crippen molar-refractivity contribution in [2.75, 3.05) is 49.5 Å². The number of alkyl halides is 3. The van der Waals surface area contributed by atoms with E-state index in [9.17, 15) is 31.5 Å². The van der Waals surface area contributed by atoms with E-state index in [1.807, 2.05) is 4.90 Å². The fourth-order valence-electron chi connectivity index (χ4n) is 4.52. The molecule has 0 aliphatic carbocycles. The lowest BCUT2D eigenvalue weighted by atomic mass is 10.1. The Kier molecular flexibility index (Phi) is 8.23. The number of nitrogens with one attached hydrogen (secondary N) is 1. The molecular formula is C25H26ClF5N4O2. The summed E-state index contributed by atoms with van der Waals surface area (Å²) >= 11 is 6.15. The van der Waals surface area contributed by atoms with Crippen molar-refractivity contribution in [1.29, 1.82) is 0 Å². The quantitative estimate of drug-likeness (QED) is 0.495. The number of carbonyl (C=O) groups excluding carboxylic acids is 2. The third kappa shape index (κ3) is 6.70. The summed E-state index contributed by atoms with van der Waals surface area (Å²) in [6, 6.07) is 7.15. The number of anilines is 2. The highest BCUT2D eigenvalue weighted by Crippen LogP contribution is 2.31. The molecule has 2 aliphatic rings. The van der Waals surface area contributed by atoms with Crippen molar-refractivity contribution in [2.45, 2.75) is 32.0 Å². The molecule has 4 rings (SSSR count). The Labute approximate surface area is 216 Å². The van der Waals surface area contributed by atoms with Gasteiger partial charge in [-0.15, -0.1) is 0 Å². The van der Waals surface area contributed by atoms with Gasteiger partial charge in [0.2, 0.25) is 5.91 Å². The molecule has 2 heterocycles. The molecule has 2 fully saturated rings. The van der Waals surface area contributed by atoms with Crippen molar-refractivity contribution in [2.24, 2.45) is 0 Å². The number of likely N-dealkylation sites (tertiary alicyclic amines) is 1. The van der Waals surface area contributed by atoms with Crippen molar-refractivity contribution in [3.05, 3.63) is 58.1 Å². The first-order chi connectivity index (χ1) is 17.5. The summed E-state index contributed by atoms with van der Waals surface area (Å²) in [5, 5.41) is 2.98. The van der Waals surface area contributed by atoms with E-state index in [1.54, 1.807) is 11.0 Å². The molecule has 2 aliphatic heterocycles. The summed E-state index contributed by atoms with van der Waals surface area (Å²) in [6.45, 7) is 1.87. The largest absolute Gasteiger partial charge is 0.390 e. The minimum atomic E-state index is -4.22. The molecule has 2 saturated heterocycles. The van der Waals surface area contributed by atoms with Crippen molar-refractivity contribution in [3.63, 3.8) is 0 Å². The second kappa shape index (κ2) is 11.2. The summed E-state index contributed by atoms with van der Waals surface area (Å²) in [7, 11) is 0. The summed E-state index contributed by atoms with van der Waals surface area (Å²) < 4.78 is 67.2. The van der Waals surface area contributed by atoms with Crippen LogP contribution in [0.1, 0.15) is 35.2 Å². The van der Waals surface area contributed by atoms with Crippen LogP contribution in [-0.4, -0.2) is 67.1 Å². The van der Waals surface area contributed by atoms with Crippen molar-refractivity contribution in [3.8, 4) is 0 Å². The van der Waals surface area contributed by atoms with Gasteiger partial charge in [-0.05, 0) is 30.7 Å². The Hall–Kier alpha value is -2.92. The average molecular weight is 545 g/mol. The van der Waals surface area contributed by atoms with E-state index in [-0.39, 0.29) is 24.6 Å². The van der Waals surface area contributed by atoms with E-state index in [0.29, 0.717) is 62.0 Å². The van der Waals surface area contributed by atoms with Gasteiger partial charge in [-0.1, -0.05) is 17.7 Å². The van der Waals surface area contributed by atoms with Crippen LogP contribution in [0.3, 0.4) is 0 Å². The number of halogens is 6. The normalized spacial score (nSPS) is 17.0. The molecule has 2 amide bonds. The Balaban J connectivity index is 1.45. The number of benzene rings is 2. The molecule has 1 N–H and O–H groups in total. The number of nitrogens with zero attached hydrogens (tertiary/aromatic N) is 3. The first-order valence-corrected chi connectivity index (χ1v) is 12.3. The van der Waals surface area contributed by atoms with Gasteiger partial charge in [-0.3, -0.25) is 14.5 Å². The van der Waals surface area contributed by atoms with E-state index in [4.69, 9.17) is 11.6 Å². The maximum atomic E-state index is 14.8. The number of carbonyl (C=O) groups is 2. The van der Waals surface area contributed by atoms with E-state index in [2.05, 4.69) is 5.32 Å². The highest BCUT2D eigenvalue weighted by Gasteiger charge is 2.29. The van der Waals surface area contributed by atoms with Crippen LogP contribution in [0.15, 0.2) is 30.3 Å². The summed E-state index contributed by atoms with van der Waals surface area (Å²) in [5.41, 5.74) is 0.331. The van der Waals surface area contributed by atoms with Crippen molar-refractivity contribution >= 4 is 34.8 Å². The van der Waals surface area contributed by atoms with Crippen LogP contribution in [0.25, 0.3) is 0 Å². The van der Waals surface area contributed by atoms with Crippen LogP contribution < -0.4 is 10.2 Å². The minimum absolute atomic E-state index is 0.0140. The lowest BCUT2D eigenvalue weighted by Crippen LogP contribution is -2.47. The molecule has 0 atom stereocenters. The molecule has 0 aromatic heterocycles. The number of rotatable bonds is 7. The van der Waals surface area contributed by atoms with Crippen LogP contribution >= 0.6 is 11.6 Å². The first-order valence-electron chi connectivity index (χ1n) is 11.9. The molecule has 2 aromatic rings. The fourth-order valence-corrected chi connectivity index (χ4v) is 4.69. The van der Waals surface area contributed by atoms with Crippen LogP contribution in [0.5, 0.6) is 0 Å². The Morgan fingerprint density at radius 2 is 1.73 bits per heavy atom. The zero-order valence-electron chi connectivity index (χ0n) is 19.9. The first kappa shape index (κ1) is 27.1. The average Bonchev–Trinajstić information content (AvgIpc) is 3.26. The number of amides is 2. The van der Waals surface area contributed by atoms with Crippen LogP contribution in [0.4, 0.5) is 33.3 Å². The predicted octanol–water partition coefficient (Wildman–Crippen LogP) is 5.07. The fraction of sp³-hybridized carbons (Fsp3) is 0.440. The van der Waals surface area contributed by atoms with Gasteiger partial charge in [-0.25, -0.2) is 8.78 Å². The van der Waals surface area contributed by atoms with E-state index in [1.165, 1.54) is 29.2 Å². The number of hydrogen-bond acceptors (Lipinski definition) is 4. The van der Waals surface area contributed by atoms with Crippen LogP contribution in [-0.2, 0) is 11.3 Å². The SMILES string of the molecule is O=C(Nc1ccc(Cl)cc1N1CCN(CCC(F)(F)F)CC1)c1ccc(CN2CCCC2=O)c(F)c1F. The summed E-state index contributed by atoms with van der Waals surface area (Å²) in [4.78, 5) is 29.7. The Morgan fingerprint density at radius 1 is 1.00 bits per heavy atom. The third-order valence-corrected chi connectivity index (χ3v) is 6.81. The molecule has 6 nitrogen and oxygen atoms in total. The highest BCUT2D eigenvalue weighted by molar-refractivity contribution is 6.31. The summed E-state index contributed by atoms with van der Waals surface area (Å²) in [5.74, 6) is -3.49. The third-order valence-electron chi connectivity index (χ3n) is 6.57. The lowest BCUT2D eigenvalue weighted by molar-refractivity contribution is -0.138. The van der Waals surface area contributed by atoms with E-state index in [0.717, 1.165) is 0 Å². The monoisotopic (exact) mass is 544 g/mol. The summed E-state index contributed by atoms with van der Waals surface area (Å²) in [6.07, 6.45) is -4.08. The molecule has 200 valence electrons. The molecule has 2 aromatic carbocycles. The maximum Gasteiger partial charge on any atom is 0.390 e. The van der Waals surface area contributed by atoms with Crippen LogP contribution in [0, 0.1) is 11.6 Å². The Morgan fingerprint density at radius 3 is 2.38 bits per heavy atom. The van der Waals surface area contributed by atoms with Crippen LogP contribution in [0.2, 0.25) is 5.02 Å². The van der Waals surface area contributed by atoms with Gasteiger partial charge in [-0.2, -0.15) is 13.2 Å². The topological polar surface area (TPSA) is 55.9 Å². The standard InChI is InChI=1S/C25H26ClF5N4O2/c26-17-4-6-19(20(14-17)34-12-10-33(11-13-34)9-7-25(29,30)31)32-24(37)18-5-3-16(22(27)23(18)28)15-35-8-1-2-21(35)36/h3-6,14H,1-2,7-13,15H2,(H,32,37). The molecular weight excluding hydrogens is 519 g/mol. The number of piperazine rings is 1. The maximum absolute atomic E-state index is 14.8. The van der Waals surface area contributed by atoms with Gasteiger partial charge in [0.05, 0.1) is 23.4 Å². The molecule has 0 spiro atoms. The van der Waals surface area contributed by atoms with Gasteiger partial charge in [0, 0.05) is 62.8 Å². The van der Waals surface area contributed by atoms with Gasteiger partial charge < -0.3 is 15.1 Å². The molecule has 0 bridgehead atoms. The second-order valence-corrected chi connectivity index (χ2v) is 9.56. The van der Waals surface area contributed by atoms with E-state index < -0.39 is 35.7 Å². The smallest absolute Gasteiger partial charge is 0.367 e. The minimum Gasteiger partial charge on any atom is -0.367 e. The van der Waals surface area contributed by atoms with Crippen molar-refractivity contribution in [1.82, 2.24) is 9.80 Å². The van der Waals surface area contributed by atoms with Gasteiger partial charge in [0.15, 0.2) is 11.6 Å². The van der Waals surface area contributed by atoms with Crippen molar-refractivity contribution < 1.29 is 31.5 Å². The van der Waals surface area contributed by atoms with E-state index >= 15 is 0 Å². The second-order valence-electron chi connectivity index (χ2n) is 9.13. The highest BCUT2D eigenvalue weighted by atomic mass is 35.5. The predicted molar refractivity (Wildman–Crippen MR) is 130 cm³/mol. The van der Waals surface area contributed by atoms with Gasteiger partial charge in [0.25, 0.3) is 5.91 Å². The molecule has 0 unspecified atom stereocenters. The molecule has 0 saturated carbocycles. The molecule has 0 radical (unpaired) electrons. The Bertz CT molecular complexity index is 1170. The molecule has 12 heteroatoms.